The van der Waals surface area contributed by atoms with Crippen molar-refractivity contribution in [3.63, 3.8) is 0 Å². The number of fused-ring (bicyclic) bond motifs is 2. The molecule has 1 atom stereocenters. The highest BCUT2D eigenvalue weighted by atomic mass is 16.2. The number of aryl methyl sites for hydroxylation is 1. The molecule has 1 unspecified atom stereocenters. The summed E-state index contributed by atoms with van der Waals surface area (Å²) in [7, 11) is 0. The number of piperazine rings is 1. The van der Waals surface area contributed by atoms with E-state index in [9.17, 15) is 4.79 Å². The van der Waals surface area contributed by atoms with E-state index < -0.39 is 6.04 Å². The summed E-state index contributed by atoms with van der Waals surface area (Å²) in [5.41, 5.74) is 7.02. The van der Waals surface area contributed by atoms with Gasteiger partial charge in [-0.2, -0.15) is 0 Å². The van der Waals surface area contributed by atoms with Gasteiger partial charge in [0.2, 0.25) is 5.91 Å². The fourth-order valence-corrected chi connectivity index (χ4v) is 6.31. The van der Waals surface area contributed by atoms with Crippen LogP contribution in [0.5, 0.6) is 0 Å². The maximum atomic E-state index is 13.7. The van der Waals surface area contributed by atoms with Gasteiger partial charge in [0.05, 0.1) is 11.7 Å². The second-order valence-corrected chi connectivity index (χ2v) is 11.3. The number of hydrogen-bond donors (Lipinski definition) is 1. The van der Waals surface area contributed by atoms with E-state index in [1.807, 2.05) is 35.4 Å². The van der Waals surface area contributed by atoms with Crippen molar-refractivity contribution in [1.82, 2.24) is 24.3 Å². The molecule has 0 aliphatic carbocycles. The second-order valence-electron chi connectivity index (χ2n) is 11.3. The van der Waals surface area contributed by atoms with Gasteiger partial charge in [-0.25, -0.2) is 4.98 Å². The van der Waals surface area contributed by atoms with Crippen LogP contribution < -0.4 is 15.1 Å². The number of rotatable bonds is 6. The zero-order valence-electron chi connectivity index (χ0n) is 24.2. The summed E-state index contributed by atoms with van der Waals surface area (Å²) in [5.74, 6) is 0.893. The van der Waals surface area contributed by atoms with Crippen LogP contribution in [-0.4, -0.2) is 75.5 Å². The van der Waals surface area contributed by atoms with Crippen molar-refractivity contribution < 1.29 is 4.79 Å². The molecule has 42 heavy (non-hydrogen) atoms. The molecule has 7 rings (SSSR count). The number of para-hydroxylation sites is 1. The summed E-state index contributed by atoms with van der Waals surface area (Å²) >= 11 is 0. The van der Waals surface area contributed by atoms with Crippen molar-refractivity contribution in [3.8, 4) is 11.3 Å². The number of nitrogens with one attached hydrogen (secondary N) is 1. The first-order valence-corrected chi connectivity index (χ1v) is 14.9. The average molecular weight is 561 g/mol. The van der Waals surface area contributed by atoms with E-state index in [-0.39, 0.29) is 5.91 Å². The Labute approximate surface area is 245 Å². The van der Waals surface area contributed by atoms with Gasteiger partial charge in [0.25, 0.3) is 0 Å². The monoisotopic (exact) mass is 560 g/mol. The number of nitrogens with zero attached hydrogens (tertiary/aromatic N) is 7. The quantitative estimate of drug-likeness (QED) is 0.313. The van der Waals surface area contributed by atoms with Crippen LogP contribution in [0.25, 0.3) is 27.8 Å². The normalized spacial score (nSPS) is 16.4. The maximum Gasteiger partial charge on any atom is 0.244 e. The Hall–Kier alpha value is -4.66. The van der Waals surface area contributed by atoms with E-state index in [1.165, 1.54) is 24.2 Å². The zero-order chi connectivity index (χ0) is 28.6. The largest absolute Gasteiger partial charge is 0.372 e. The van der Waals surface area contributed by atoms with Gasteiger partial charge in [-0.15, -0.1) is 0 Å². The van der Waals surface area contributed by atoms with E-state index in [2.05, 4.69) is 68.6 Å². The van der Waals surface area contributed by atoms with Crippen LogP contribution in [0.1, 0.15) is 25.5 Å². The van der Waals surface area contributed by atoms with E-state index in [0.717, 1.165) is 65.5 Å². The summed E-state index contributed by atoms with van der Waals surface area (Å²) in [6.45, 7) is 9.09. The number of benzene rings is 2. The number of carbonyl (C=O) groups is 1. The Bertz CT molecular complexity index is 1730. The summed E-state index contributed by atoms with van der Waals surface area (Å²) in [6, 6.07) is 18.6. The van der Waals surface area contributed by atoms with Crippen LogP contribution in [0.2, 0.25) is 0 Å². The molecule has 2 fully saturated rings. The lowest BCUT2D eigenvalue weighted by Crippen LogP contribution is -2.52. The molecule has 3 aromatic heterocycles. The molecule has 0 spiro atoms. The minimum atomic E-state index is -0.420. The lowest BCUT2D eigenvalue weighted by molar-refractivity contribution is -0.131. The molecule has 9 nitrogen and oxygen atoms in total. The van der Waals surface area contributed by atoms with Crippen LogP contribution in [0, 0.1) is 6.92 Å². The molecule has 1 amide bonds. The Kier molecular flexibility index (Phi) is 6.85. The third-order valence-corrected chi connectivity index (χ3v) is 8.52. The van der Waals surface area contributed by atoms with Gasteiger partial charge in [0.15, 0.2) is 5.65 Å². The minimum absolute atomic E-state index is 0.0877. The third kappa shape index (κ3) is 4.89. The molecule has 0 saturated carbocycles. The van der Waals surface area contributed by atoms with E-state index in [1.54, 1.807) is 12.4 Å². The molecule has 2 aromatic carbocycles. The first-order valence-electron chi connectivity index (χ1n) is 14.9. The molecule has 2 saturated heterocycles. The number of anilines is 3. The second kappa shape index (κ2) is 11.0. The first kappa shape index (κ1) is 26.3. The lowest BCUT2D eigenvalue weighted by atomic mass is 10.1. The molecule has 0 bridgehead atoms. The number of carbonyl (C=O) groups excluding carboxylic acids is 1. The molecule has 1 N–H and O–H groups in total. The van der Waals surface area contributed by atoms with Gasteiger partial charge in [-0.3, -0.25) is 19.2 Å². The Morgan fingerprint density at radius 1 is 0.905 bits per heavy atom. The highest BCUT2D eigenvalue weighted by Crippen LogP contribution is 2.32. The van der Waals surface area contributed by atoms with Crippen molar-refractivity contribution >= 4 is 39.6 Å². The molecule has 214 valence electrons. The van der Waals surface area contributed by atoms with Gasteiger partial charge >= 0.3 is 0 Å². The Morgan fingerprint density at radius 2 is 1.67 bits per heavy atom. The SMILES string of the molecule is Cc1cc(N2CCN(C(=O)C(C)Nc3c(-c4ccc(N5CCCC5)cc4)nc4cnccn34)CC2)c2ccccc2n1. The topological polar surface area (TPSA) is 81.9 Å². The fourth-order valence-electron chi connectivity index (χ4n) is 6.31. The predicted molar refractivity (Wildman–Crippen MR) is 168 cm³/mol. The van der Waals surface area contributed by atoms with E-state index in [0.29, 0.717) is 13.1 Å². The van der Waals surface area contributed by atoms with Gasteiger partial charge in [-0.05, 0) is 51.0 Å². The summed E-state index contributed by atoms with van der Waals surface area (Å²) in [5, 5.41) is 4.68. The first-order chi connectivity index (χ1) is 20.5. The summed E-state index contributed by atoms with van der Waals surface area (Å²) in [4.78, 5) is 34.3. The van der Waals surface area contributed by atoms with Crippen molar-refractivity contribution in [2.75, 3.05) is 54.4 Å². The third-order valence-electron chi connectivity index (χ3n) is 8.52. The van der Waals surface area contributed by atoms with Crippen molar-refractivity contribution in [2.24, 2.45) is 0 Å². The van der Waals surface area contributed by atoms with Crippen molar-refractivity contribution in [1.29, 1.82) is 0 Å². The Balaban J connectivity index is 1.08. The van der Waals surface area contributed by atoms with Crippen LogP contribution in [-0.2, 0) is 4.79 Å². The predicted octanol–water partition coefficient (Wildman–Crippen LogP) is 5.00. The number of hydrogen-bond acceptors (Lipinski definition) is 7. The number of imidazole rings is 1. The van der Waals surface area contributed by atoms with E-state index in [4.69, 9.17) is 9.97 Å². The van der Waals surface area contributed by atoms with Crippen LogP contribution in [0.4, 0.5) is 17.2 Å². The minimum Gasteiger partial charge on any atom is -0.372 e. The Morgan fingerprint density at radius 3 is 2.45 bits per heavy atom. The summed E-state index contributed by atoms with van der Waals surface area (Å²) in [6.07, 6.45) is 7.89. The molecule has 2 aliphatic rings. The summed E-state index contributed by atoms with van der Waals surface area (Å²) < 4.78 is 1.98. The highest BCUT2D eigenvalue weighted by Gasteiger charge is 2.27. The smallest absolute Gasteiger partial charge is 0.244 e. The van der Waals surface area contributed by atoms with Crippen molar-refractivity contribution in [2.45, 2.75) is 32.7 Å². The molecular formula is C33H36N8O. The number of aromatic nitrogens is 4. The number of amides is 1. The molecule has 5 heterocycles. The fraction of sp³-hybridized carbons (Fsp3) is 0.333. The average Bonchev–Trinajstić information content (AvgIpc) is 3.69. The lowest BCUT2D eigenvalue weighted by Gasteiger charge is -2.37. The maximum absolute atomic E-state index is 13.7. The molecule has 9 heteroatoms. The van der Waals surface area contributed by atoms with Gasteiger partial charge in [0.1, 0.15) is 17.6 Å². The van der Waals surface area contributed by atoms with Crippen LogP contribution >= 0.6 is 0 Å². The standard InChI is InChI=1S/C33H36N8O/c1-23-21-29(27-7-3-4-8-28(27)35-23)39-17-19-40(20-18-39)33(42)24(2)36-32-31(37-30-22-34-13-16-41(30)32)25-9-11-26(12-10-25)38-14-5-6-15-38/h3-4,7-13,16,21-22,24,36H,5-6,14-15,17-20H2,1-2H3. The van der Waals surface area contributed by atoms with Crippen molar-refractivity contribution in [3.05, 3.63) is 78.9 Å². The van der Waals surface area contributed by atoms with Gasteiger partial charge < -0.3 is 20.0 Å². The molecular weight excluding hydrogens is 524 g/mol. The van der Waals surface area contributed by atoms with Gasteiger partial charge in [-0.1, -0.05) is 30.3 Å². The molecule has 5 aromatic rings. The highest BCUT2D eigenvalue weighted by molar-refractivity contribution is 5.92. The molecule has 0 radical (unpaired) electrons. The number of pyridine rings is 1. The van der Waals surface area contributed by atoms with Gasteiger partial charge in [0, 0.05) is 79.7 Å². The zero-order valence-corrected chi connectivity index (χ0v) is 24.2. The van der Waals surface area contributed by atoms with Crippen LogP contribution in [0.15, 0.2) is 73.2 Å². The molecule has 2 aliphatic heterocycles. The van der Waals surface area contributed by atoms with Crippen LogP contribution in [0.3, 0.4) is 0 Å². The van der Waals surface area contributed by atoms with E-state index >= 15 is 0 Å².